The first-order chi connectivity index (χ1) is 9.70. The van der Waals surface area contributed by atoms with Gasteiger partial charge in [-0.25, -0.2) is 0 Å². The van der Waals surface area contributed by atoms with Gasteiger partial charge in [0.2, 0.25) is 5.78 Å². The van der Waals surface area contributed by atoms with E-state index in [9.17, 15) is 4.79 Å². The molecule has 4 heteroatoms. The summed E-state index contributed by atoms with van der Waals surface area (Å²) in [6, 6.07) is 11.2. The standard InChI is InChI=1S/C16H15N3O/c1-3-19-15(10-11(2)18-19)16(20)13-6-4-8-14-12(13)7-5-9-17-14/h4-10H,3H2,1-2H3. The van der Waals surface area contributed by atoms with Crippen LogP contribution in [0.15, 0.2) is 42.6 Å². The number of ketones is 1. The molecule has 2 heterocycles. The van der Waals surface area contributed by atoms with E-state index >= 15 is 0 Å². The predicted octanol–water partition coefficient (Wildman–Crippen LogP) is 2.99. The summed E-state index contributed by atoms with van der Waals surface area (Å²) in [5.74, 6) is -0.00829. The van der Waals surface area contributed by atoms with E-state index in [1.165, 1.54) is 0 Å². The largest absolute Gasteiger partial charge is 0.287 e. The lowest BCUT2D eigenvalue weighted by atomic mass is 10.0. The minimum Gasteiger partial charge on any atom is -0.287 e. The fourth-order valence-corrected chi connectivity index (χ4v) is 2.41. The maximum absolute atomic E-state index is 12.8. The SMILES string of the molecule is CCn1nc(C)cc1C(=O)c1cccc2ncccc12. The number of carbonyl (C=O) groups is 1. The molecule has 0 atom stereocenters. The first kappa shape index (κ1) is 12.5. The van der Waals surface area contributed by atoms with Gasteiger partial charge in [-0.15, -0.1) is 0 Å². The zero-order valence-electron chi connectivity index (χ0n) is 11.5. The van der Waals surface area contributed by atoms with Crippen LogP contribution < -0.4 is 0 Å². The molecule has 0 aliphatic heterocycles. The Morgan fingerprint density at radius 1 is 1.25 bits per heavy atom. The summed E-state index contributed by atoms with van der Waals surface area (Å²) in [4.78, 5) is 17.1. The van der Waals surface area contributed by atoms with Crippen molar-refractivity contribution < 1.29 is 4.79 Å². The second-order valence-corrected chi connectivity index (χ2v) is 4.69. The molecule has 0 aliphatic rings. The molecule has 0 N–H and O–H groups in total. The number of hydrogen-bond donors (Lipinski definition) is 0. The molecule has 3 rings (SSSR count). The Labute approximate surface area is 117 Å². The molecule has 100 valence electrons. The fraction of sp³-hybridized carbons (Fsp3) is 0.188. The van der Waals surface area contributed by atoms with E-state index in [1.54, 1.807) is 10.9 Å². The van der Waals surface area contributed by atoms with E-state index in [1.807, 2.05) is 50.2 Å². The van der Waals surface area contributed by atoms with Gasteiger partial charge in [-0.2, -0.15) is 5.10 Å². The Morgan fingerprint density at radius 3 is 2.90 bits per heavy atom. The van der Waals surface area contributed by atoms with Crippen molar-refractivity contribution in [2.24, 2.45) is 0 Å². The molecule has 0 spiro atoms. The van der Waals surface area contributed by atoms with Gasteiger partial charge in [0.15, 0.2) is 0 Å². The quantitative estimate of drug-likeness (QED) is 0.684. The number of aromatic nitrogens is 3. The van der Waals surface area contributed by atoms with Crippen molar-refractivity contribution in [1.82, 2.24) is 14.8 Å². The lowest BCUT2D eigenvalue weighted by Crippen LogP contribution is -2.11. The number of pyridine rings is 1. The second kappa shape index (κ2) is 4.89. The molecule has 0 amide bonds. The highest BCUT2D eigenvalue weighted by atomic mass is 16.1. The first-order valence-corrected chi connectivity index (χ1v) is 6.63. The number of hydrogen-bond acceptors (Lipinski definition) is 3. The van der Waals surface area contributed by atoms with Gasteiger partial charge < -0.3 is 0 Å². The third-order valence-corrected chi connectivity index (χ3v) is 3.32. The average molecular weight is 265 g/mol. The maximum atomic E-state index is 12.8. The summed E-state index contributed by atoms with van der Waals surface area (Å²) in [6.07, 6.45) is 1.73. The molecule has 0 unspecified atom stereocenters. The molecule has 0 aliphatic carbocycles. The summed E-state index contributed by atoms with van der Waals surface area (Å²) in [5, 5.41) is 5.21. The van der Waals surface area contributed by atoms with Crippen LogP contribution in [0, 0.1) is 6.92 Å². The van der Waals surface area contributed by atoms with Gasteiger partial charge in [-0.3, -0.25) is 14.5 Å². The van der Waals surface area contributed by atoms with Gasteiger partial charge in [0.1, 0.15) is 5.69 Å². The van der Waals surface area contributed by atoms with Gasteiger partial charge in [-0.1, -0.05) is 18.2 Å². The molecule has 4 nitrogen and oxygen atoms in total. The van der Waals surface area contributed by atoms with Gasteiger partial charge >= 0.3 is 0 Å². The summed E-state index contributed by atoms with van der Waals surface area (Å²) in [7, 11) is 0. The Hall–Kier alpha value is -2.49. The van der Waals surface area contributed by atoms with Gasteiger partial charge in [0.25, 0.3) is 0 Å². The smallest absolute Gasteiger partial charge is 0.211 e. The molecule has 0 bridgehead atoms. The van der Waals surface area contributed by atoms with Crippen LogP contribution in [0.4, 0.5) is 0 Å². The van der Waals surface area contributed by atoms with Crippen LogP contribution in [0.3, 0.4) is 0 Å². The summed E-state index contributed by atoms with van der Waals surface area (Å²) in [6.45, 7) is 4.55. The molecule has 0 fully saturated rings. The van der Waals surface area contributed by atoms with Crippen molar-refractivity contribution in [2.45, 2.75) is 20.4 Å². The Balaban J connectivity index is 2.17. The van der Waals surface area contributed by atoms with Crippen molar-refractivity contribution in [3.05, 3.63) is 59.5 Å². The van der Waals surface area contributed by atoms with Crippen molar-refractivity contribution >= 4 is 16.7 Å². The lowest BCUT2D eigenvalue weighted by molar-refractivity contribution is 0.103. The number of benzene rings is 1. The van der Waals surface area contributed by atoms with E-state index in [4.69, 9.17) is 0 Å². The zero-order chi connectivity index (χ0) is 14.1. The number of carbonyl (C=O) groups excluding carboxylic acids is 1. The molecule has 1 aromatic carbocycles. The minimum atomic E-state index is -0.00829. The third kappa shape index (κ3) is 1.99. The van der Waals surface area contributed by atoms with Crippen LogP contribution in [0.25, 0.3) is 10.9 Å². The van der Waals surface area contributed by atoms with Crippen molar-refractivity contribution in [3.63, 3.8) is 0 Å². The van der Waals surface area contributed by atoms with Crippen LogP contribution in [0.1, 0.15) is 28.7 Å². The molecule has 20 heavy (non-hydrogen) atoms. The van der Waals surface area contributed by atoms with Gasteiger partial charge in [0, 0.05) is 23.7 Å². The van der Waals surface area contributed by atoms with Gasteiger partial charge in [0.05, 0.1) is 11.2 Å². The number of fused-ring (bicyclic) bond motifs is 1. The highest BCUT2D eigenvalue weighted by Crippen LogP contribution is 2.20. The van der Waals surface area contributed by atoms with E-state index < -0.39 is 0 Å². The predicted molar refractivity (Wildman–Crippen MR) is 77.8 cm³/mol. The average Bonchev–Trinajstić information content (AvgIpc) is 2.87. The fourth-order valence-electron chi connectivity index (χ4n) is 2.41. The Bertz CT molecular complexity index is 784. The van der Waals surface area contributed by atoms with E-state index in [0.29, 0.717) is 17.8 Å². The normalized spacial score (nSPS) is 10.9. The Morgan fingerprint density at radius 2 is 2.10 bits per heavy atom. The highest BCUT2D eigenvalue weighted by molar-refractivity contribution is 6.15. The highest BCUT2D eigenvalue weighted by Gasteiger charge is 2.17. The van der Waals surface area contributed by atoms with Crippen LogP contribution >= 0.6 is 0 Å². The molecule has 3 aromatic rings. The molecular weight excluding hydrogens is 250 g/mol. The van der Waals surface area contributed by atoms with Crippen molar-refractivity contribution in [3.8, 4) is 0 Å². The summed E-state index contributed by atoms with van der Waals surface area (Å²) < 4.78 is 1.74. The molecule has 0 radical (unpaired) electrons. The minimum absolute atomic E-state index is 0.00829. The maximum Gasteiger partial charge on any atom is 0.211 e. The first-order valence-electron chi connectivity index (χ1n) is 6.63. The number of rotatable bonds is 3. The number of aryl methyl sites for hydroxylation is 2. The lowest BCUT2D eigenvalue weighted by Gasteiger charge is -2.06. The second-order valence-electron chi connectivity index (χ2n) is 4.69. The van der Waals surface area contributed by atoms with Crippen LogP contribution in [-0.4, -0.2) is 20.5 Å². The van der Waals surface area contributed by atoms with E-state index in [-0.39, 0.29) is 5.78 Å². The van der Waals surface area contributed by atoms with Gasteiger partial charge in [-0.05, 0) is 32.0 Å². The number of nitrogens with zero attached hydrogens (tertiary/aromatic N) is 3. The molecular formula is C16H15N3O. The van der Waals surface area contributed by atoms with Crippen LogP contribution in [0.5, 0.6) is 0 Å². The summed E-state index contributed by atoms with van der Waals surface area (Å²) in [5.41, 5.74) is 2.98. The third-order valence-electron chi connectivity index (χ3n) is 3.32. The van der Waals surface area contributed by atoms with Crippen LogP contribution in [0.2, 0.25) is 0 Å². The molecule has 0 saturated carbocycles. The summed E-state index contributed by atoms with van der Waals surface area (Å²) >= 11 is 0. The van der Waals surface area contributed by atoms with E-state index in [2.05, 4.69) is 10.1 Å². The van der Waals surface area contributed by atoms with Crippen molar-refractivity contribution in [2.75, 3.05) is 0 Å². The monoisotopic (exact) mass is 265 g/mol. The molecule has 0 saturated heterocycles. The van der Waals surface area contributed by atoms with E-state index in [0.717, 1.165) is 16.6 Å². The Kier molecular flexibility index (Phi) is 3.06. The molecule has 2 aromatic heterocycles. The zero-order valence-corrected chi connectivity index (χ0v) is 11.5. The topological polar surface area (TPSA) is 47.8 Å². The van der Waals surface area contributed by atoms with Crippen molar-refractivity contribution in [1.29, 1.82) is 0 Å². The van der Waals surface area contributed by atoms with Crippen LogP contribution in [-0.2, 0) is 6.54 Å².